The van der Waals surface area contributed by atoms with Crippen molar-refractivity contribution < 1.29 is 4.79 Å². The van der Waals surface area contributed by atoms with Crippen molar-refractivity contribution in [3.63, 3.8) is 0 Å². The molecule has 3 aromatic rings. The van der Waals surface area contributed by atoms with Crippen LogP contribution in [-0.2, 0) is 0 Å². The van der Waals surface area contributed by atoms with Crippen LogP contribution in [0, 0.1) is 0 Å². The predicted octanol–water partition coefficient (Wildman–Crippen LogP) is 2.85. The van der Waals surface area contributed by atoms with E-state index in [0.717, 1.165) is 5.56 Å². The fraction of sp³-hybridized carbons (Fsp3) is 0. The molecule has 1 aromatic carbocycles. The number of thiazole rings is 1. The summed E-state index contributed by atoms with van der Waals surface area (Å²) in [5, 5.41) is 5.04. The SMILES string of the molecule is O=C(Nc1nccs1)c1cnc(-c2ccccc2)nc1. The standard InChI is InChI=1S/C14H10N4OS/c19-13(18-14-15-6-7-20-14)11-8-16-12(17-9-11)10-4-2-1-3-5-10/h1-9H,(H,15,18,19). The zero-order valence-corrected chi connectivity index (χ0v) is 11.2. The molecule has 0 spiro atoms. The molecule has 0 atom stereocenters. The zero-order valence-electron chi connectivity index (χ0n) is 10.4. The topological polar surface area (TPSA) is 67.8 Å². The lowest BCUT2D eigenvalue weighted by Gasteiger charge is -2.02. The Kier molecular flexibility index (Phi) is 3.47. The van der Waals surface area contributed by atoms with Crippen LogP contribution < -0.4 is 5.32 Å². The molecule has 0 aliphatic rings. The summed E-state index contributed by atoms with van der Waals surface area (Å²) >= 11 is 1.36. The highest BCUT2D eigenvalue weighted by atomic mass is 32.1. The minimum atomic E-state index is -0.264. The molecule has 0 aliphatic carbocycles. The largest absolute Gasteiger partial charge is 0.298 e. The van der Waals surface area contributed by atoms with Crippen molar-refractivity contribution in [2.45, 2.75) is 0 Å². The summed E-state index contributed by atoms with van der Waals surface area (Å²) in [6.45, 7) is 0. The van der Waals surface area contributed by atoms with E-state index >= 15 is 0 Å². The van der Waals surface area contributed by atoms with E-state index in [1.54, 1.807) is 11.6 Å². The number of aromatic nitrogens is 3. The Morgan fingerprint density at radius 3 is 2.45 bits per heavy atom. The summed E-state index contributed by atoms with van der Waals surface area (Å²) in [4.78, 5) is 24.3. The number of carbonyl (C=O) groups excluding carboxylic acids is 1. The molecule has 0 radical (unpaired) electrons. The van der Waals surface area contributed by atoms with Crippen LogP contribution in [-0.4, -0.2) is 20.9 Å². The first-order valence-corrected chi connectivity index (χ1v) is 6.79. The second kappa shape index (κ2) is 5.58. The van der Waals surface area contributed by atoms with Gasteiger partial charge in [0, 0.05) is 29.5 Å². The molecule has 0 saturated heterocycles. The van der Waals surface area contributed by atoms with Crippen molar-refractivity contribution in [3.05, 3.63) is 59.9 Å². The Balaban J connectivity index is 1.78. The smallest absolute Gasteiger partial charge is 0.260 e. The first kappa shape index (κ1) is 12.4. The third-order valence-corrected chi connectivity index (χ3v) is 3.29. The number of nitrogens with zero attached hydrogens (tertiary/aromatic N) is 3. The number of anilines is 1. The molecule has 0 bridgehead atoms. The number of benzene rings is 1. The molecule has 0 fully saturated rings. The normalized spacial score (nSPS) is 10.2. The van der Waals surface area contributed by atoms with Crippen LogP contribution in [0.3, 0.4) is 0 Å². The van der Waals surface area contributed by atoms with E-state index < -0.39 is 0 Å². The molecule has 1 amide bonds. The van der Waals surface area contributed by atoms with Gasteiger partial charge in [0.15, 0.2) is 11.0 Å². The van der Waals surface area contributed by atoms with E-state index in [1.807, 2.05) is 30.3 Å². The Morgan fingerprint density at radius 1 is 1.05 bits per heavy atom. The molecule has 98 valence electrons. The first-order chi connectivity index (χ1) is 9.83. The lowest BCUT2D eigenvalue weighted by molar-refractivity contribution is 0.102. The van der Waals surface area contributed by atoms with Crippen molar-refractivity contribution >= 4 is 22.4 Å². The van der Waals surface area contributed by atoms with Gasteiger partial charge in [0.05, 0.1) is 5.56 Å². The van der Waals surface area contributed by atoms with Gasteiger partial charge in [-0.1, -0.05) is 30.3 Å². The molecule has 3 rings (SSSR count). The molecule has 0 aliphatic heterocycles. The predicted molar refractivity (Wildman–Crippen MR) is 77.5 cm³/mol. The van der Waals surface area contributed by atoms with Gasteiger partial charge < -0.3 is 0 Å². The van der Waals surface area contributed by atoms with Gasteiger partial charge in [-0.15, -0.1) is 11.3 Å². The third kappa shape index (κ3) is 2.70. The van der Waals surface area contributed by atoms with Crippen molar-refractivity contribution in [3.8, 4) is 11.4 Å². The van der Waals surface area contributed by atoms with Crippen LogP contribution in [0.25, 0.3) is 11.4 Å². The highest BCUT2D eigenvalue weighted by Gasteiger charge is 2.09. The molecule has 2 heterocycles. The van der Waals surface area contributed by atoms with Gasteiger partial charge >= 0.3 is 0 Å². The van der Waals surface area contributed by atoms with Gasteiger partial charge in [-0.3, -0.25) is 10.1 Å². The van der Waals surface area contributed by atoms with E-state index in [-0.39, 0.29) is 5.91 Å². The maximum atomic E-state index is 11.9. The van der Waals surface area contributed by atoms with E-state index in [1.165, 1.54) is 23.7 Å². The van der Waals surface area contributed by atoms with Gasteiger partial charge in [-0.05, 0) is 0 Å². The second-order valence-electron chi connectivity index (χ2n) is 3.95. The molecular weight excluding hydrogens is 272 g/mol. The van der Waals surface area contributed by atoms with Gasteiger partial charge in [0.1, 0.15) is 0 Å². The number of hydrogen-bond donors (Lipinski definition) is 1. The van der Waals surface area contributed by atoms with Crippen LogP contribution in [0.5, 0.6) is 0 Å². The second-order valence-corrected chi connectivity index (χ2v) is 4.85. The van der Waals surface area contributed by atoms with E-state index in [2.05, 4.69) is 20.3 Å². The van der Waals surface area contributed by atoms with Gasteiger partial charge in [0.2, 0.25) is 0 Å². The molecule has 1 N–H and O–H groups in total. The van der Waals surface area contributed by atoms with Crippen molar-refractivity contribution in [2.24, 2.45) is 0 Å². The highest BCUT2D eigenvalue weighted by Crippen LogP contribution is 2.15. The van der Waals surface area contributed by atoms with Crippen molar-refractivity contribution in [2.75, 3.05) is 5.32 Å². The van der Waals surface area contributed by atoms with Gasteiger partial charge in [-0.25, -0.2) is 15.0 Å². The quantitative estimate of drug-likeness (QED) is 0.802. The van der Waals surface area contributed by atoms with Crippen LogP contribution in [0.2, 0.25) is 0 Å². The summed E-state index contributed by atoms with van der Waals surface area (Å²) < 4.78 is 0. The first-order valence-electron chi connectivity index (χ1n) is 5.91. The monoisotopic (exact) mass is 282 g/mol. The average molecular weight is 282 g/mol. The third-order valence-electron chi connectivity index (χ3n) is 2.60. The number of rotatable bonds is 3. The number of hydrogen-bond acceptors (Lipinski definition) is 5. The number of nitrogens with one attached hydrogen (secondary N) is 1. The molecule has 20 heavy (non-hydrogen) atoms. The molecule has 0 saturated carbocycles. The highest BCUT2D eigenvalue weighted by molar-refractivity contribution is 7.13. The van der Waals surface area contributed by atoms with E-state index in [4.69, 9.17) is 0 Å². The minimum Gasteiger partial charge on any atom is -0.298 e. The van der Waals surface area contributed by atoms with E-state index in [0.29, 0.717) is 16.5 Å². The maximum absolute atomic E-state index is 11.9. The average Bonchev–Trinajstić information content (AvgIpc) is 3.01. The Bertz CT molecular complexity index is 696. The minimum absolute atomic E-state index is 0.264. The number of carbonyl (C=O) groups is 1. The van der Waals surface area contributed by atoms with Crippen molar-refractivity contribution in [1.29, 1.82) is 0 Å². The summed E-state index contributed by atoms with van der Waals surface area (Å²) in [6.07, 6.45) is 4.66. The lowest BCUT2D eigenvalue weighted by Crippen LogP contribution is -2.12. The molecule has 2 aromatic heterocycles. The molecule has 5 nitrogen and oxygen atoms in total. The number of amides is 1. The Hall–Kier alpha value is -2.60. The zero-order chi connectivity index (χ0) is 13.8. The Labute approximate surface area is 119 Å². The molecular formula is C14H10N4OS. The fourth-order valence-corrected chi connectivity index (χ4v) is 2.16. The Morgan fingerprint density at radius 2 is 1.80 bits per heavy atom. The van der Waals surface area contributed by atoms with E-state index in [9.17, 15) is 4.79 Å². The van der Waals surface area contributed by atoms with Crippen LogP contribution in [0.1, 0.15) is 10.4 Å². The summed E-state index contributed by atoms with van der Waals surface area (Å²) in [6, 6.07) is 9.61. The lowest BCUT2D eigenvalue weighted by atomic mass is 10.2. The van der Waals surface area contributed by atoms with Crippen molar-refractivity contribution in [1.82, 2.24) is 15.0 Å². The molecule has 0 unspecified atom stereocenters. The van der Waals surface area contributed by atoms with Gasteiger partial charge in [-0.2, -0.15) is 0 Å². The summed E-state index contributed by atoms with van der Waals surface area (Å²) in [5.41, 5.74) is 1.32. The van der Waals surface area contributed by atoms with Crippen LogP contribution in [0.15, 0.2) is 54.3 Å². The van der Waals surface area contributed by atoms with Crippen LogP contribution in [0.4, 0.5) is 5.13 Å². The van der Waals surface area contributed by atoms with Crippen LogP contribution >= 0.6 is 11.3 Å². The fourth-order valence-electron chi connectivity index (χ4n) is 1.64. The summed E-state index contributed by atoms with van der Waals surface area (Å²) in [7, 11) is 0. The maximum Gasteiger partial charge on any atom is 0.260 e. The molecule has 6 heteroatoms. The summed E-state index contributed by atoms with van der Waals surface area (Å²) in [5.74, 6) is 0.330. The van der Waals surface area contributed by atoms with Gasteiger partial charge in [0.25, 0.3) is 5.91 Å².